The Balaban J connectivity index is 2.11. The van der Waals surface area contributed by atoms with Gasteiger partial charge in [-0.25, -0.2) is 0 Å². The van der Waals surface area contributed by atoms with Crippen LogP contribution in [-0.2, 0) is 0 Å². The fourth-order valence-electron chi connectivity index (χ4n) is 2.77. The predicted molar refractivity (Wildman–Crippen MR) is 74.2 cm³/mol. The zero-order chi connectivity index (χ0) is 14.5. The van der Waals surface area contributed by atoms with Crippen LogP contribution in [0.25, 0.3) is 0 Å². The highest BCUT2D eigenvalue weighted by Gasteiger charge is 2.27. The van der Waals surface area contributed by atoms with Gasteiger partial charge in [0.1, 0.15) is 5.69 Å². The monoisotopic (exact) mass is 275 g/mol. The van der Waals surface area contributed by atoms with E-state index in [-0.39, 0.29) is 18.2 Å². The van der Waals surface area contributed by atoms with Crippen LogP contribution < -0.4 is 5.32 Å². The zero-order valence-corrected chi connectivity index (χ0v) is 11.1. The minimum atomic E-state index is -0.457. The van der Waals surface area contributed by atoms with Crippen molar-refractivity contribution in [1.29, 1.82) is 5.26 Å². The summed E-state index contributed by atoms with van der Waals surface area (Å²) in [7, 11) is 0. The van der Waals surface area contributed by atoms with Gasteiger partial charge in [0.05, 0.1) is 16.6 Å². The average Bonchev–Trinajstić information content (AvgIpc) is 2.91. The molecule has 20 heavy (non-hydrogen) atoms. The van der Waals surface area contributed by atoms with Crippen molar-refractivity contribution in [2.24, 2.45) is 11.8 Å². The van der Waals surface area contributed by atoms with Crippen LogP contribution in [0.1, 0.15) is 24.8 Å². The van der Waals surface area contributed by atoms with Crippen molar-refractivity contribution in [2.45, 2.75) is 19.3 Å². The number of aliphatic hydroxyl groups is 1. The molecule has 1 aliphatic rings. The van der Waals surface area contributed by atoms with Gasteiger partial charge in [0, 0.05) is 19.2 Å². The summed E-state index contributed by atoms with van der Waals surface area (Å²) >= 11 is 0. The van der Waals surface area contributed by atoms with Crippen molar-refractivity contribution >= 4 is 11.4 Å². The minimum Gasteiger partial charge on any atom is -0.396 e. The van der Waals surface area contributed by atoms with Gasteiger partial charge in [-0.1, -0.05) is 6.42 Å². The Bertz CT molecular complexity index is 539. The molecular weight excluding hydrogens is 258 g/mol. The van der Waals surface area contributed by atoms with E-state index in [1.807, 2.05) is 6.07 Å². The lowest BCUT2D eigenvalue weighted by atomic mass is 9.97. The summed E-state index contributed by atoms with van der Waals surface area (Å²) in [4.78, 5) is 10.5. The average molecular weight is 275 g/mol. The molecule has 0 heterocycles. The molecule has 2 N–H and O–H groups in total. The first kappa shape index (κ1) is 14.3. The fraction of sp³-hybridized carbons (Fsp3) is 0.500. The molecule has 106 valence electrons. The summed E-state index contributed by atoms with van der Waals surface area (Å²) in [5.74, 6) is 0.589. The van der Waals surface area contributed by atoms with E-state index in [2.05, 4.69) is 5.32 Å². The second kappa shape index (κ2) is 6.35. The molecule has 0 spiro atoms. The van der Waals surface area contributed by atoms with Crippen molar-refractivity contribution in [3.63, 3.8) is 0 Å². The smallest absolute Gasteiger partial charge is 0.292 e. The molecule has 2 unspecified atom stereocenters. The largest absolute Gasteiger partial charge is 0.396 e. The fourth-order valence-corrected chi connectivity index (χ4v) is 2.77. The molecule has 1 aliphatic carbocycles. The van der Waals surface area contributed by atoms with E-state index < -0.39 is 4.92 Å². The van der Waals surface area contributed by atoms with Gasteiger partial charge in [-0.05, 0) is 36.8 Å². The number of aliphatic hydroxyl groups excluding tert-OH is 1. The third-order valence-corrected chi connectivity index (χ3v) is 3.93. The number of hydrogen-bond acceptors (Lipinski definition) is 5. The second-order valence-corrected chi connectivity index (χ2v) is 5.12. The number of nitro groups is 1. The summed E-state index contributed by atoms with van der Waals surface area (Å²) in [6.45, 7) is 0.744. The number of benzene rings is 1. The topological polar surface area (TPSA) is 99.2 Å². The first-order valence-corrected chi connectivity index (χ1v) is 6.69. The normalized spacial score (nSPS) is 21.4. The zero-order valence-electron chi connectivity index (χ0n) is 11.1. The van der Waals surface area contributed by atoms with Crippen LogP contribution in [0.4, 0.5) is 11.4 Å². The summed E-state index contributed by atoms with van der Waals surface area (Å²) in [6, 6.07) is 6.27. The molecule has 2 rings (SSSR count). The quantitative estimate of drug-likeness (QED) is 0.634. The van der Waals surface area contributed by atoms with Crippen LogP contribution in [0.3, 0.4) is 0 Å². The van der Waals surface area contributed by atoms with E-state index >= 15 is 0 Å². The molecule has 6 heteroatoms. The summed E-state index contributed by atoms with van der Waals surface area (Å²) in [5, 5.41) is 32.2. The van der Waals surface area contributed by atoms with E-state index in [1.165, 1.54) is 18.2 Å². The highest BCUT2D eigenvalue weighted by molar-refractivity contribution is 5.64. The number of hydrogen-bond donors (Lipinski definition) is 2. The van der Waals surface area contributed by atoms with Crippen molar-refractivity contribution in [1.82, 2.24) is 0 Å². The van der Waals surface area contributed by atoms with E-state index in [1.54, 1.807) is 0 Å². The Morgan fingerprint density at radius 3 is 2.85 bits per heavy atom. The molecule has 1 saturated carbocycles. The Morgan fingerprint density at radius 1 is 1.45 bits per heavy atom. The number of nitro benzene ring substituents is 1. The predicted octanol–water partition coefficient (Wildman–Crippen LogP) is 2.29. The van der Waals surface area contributed by atoms with Gasteiger partial charge >= 0.3 is 0 Å². The lowest BCUT2D eigenvalue weighted by Crippen LogP contribution is -2.21. The van der Waals surface area contributed by atoms with Crippen LogP contribution in [0, 0.1) is 33.3 Å². The molecule has 0 aliphatic heterocycles. The van der Waals surface area contributed by atoms with Crippen LogP contribution in [0.15, 0.2) is 18.2 Å². The number of nitrogens with zero attached hydrogens (tertiary/aromatic N) is 2. The maximum atomic E-state index is 11.0. The van der Waals surface area contributed by atoms with Crippen LogP contribution in [-0.4, -0.2) is 23.2 Å². The third kappa shape index (κ3) is 3.06. The second-order valence-electron chi connectivity index (χ2n) is 5.12. The van der Waals surface area contributed by atoms with Gasteiger partial charge in [-0.15, -0.1) is 0 Å². The molecule has 0 amide bonds. The number of rotatable bonds is 5. The maximum Gasteiger partial charge on any atom is 0.292 e. The molecule has 0 bridgehead atoms. The molecule has 1 aromatic carbocycles. The van der Waals surface area contributed by atoms with Crippen LogP contribution in [0.5, 0.6) is 0 Å². The standard InChI is InChI=1S/C14H17N3O3/c15-7-10-4-5-14(17(19)20)13(6-10)16-8-11-2-1-3-12(11)9-18/h4-6,11-12,16,18H,1-3,8-9H2. The number of anilines is 1. The van der Waals surface area contributed by atoms with Crippen LogP contribution in [0.2, 0.25) is 0 Å². The number of nitrogens with one attached hydrogen (secondary N) is 1. The SMILES string of the molecule is N#Cc1ccc([N+](=O)[O-])c(NCC2CCCC2CO)c1. The lowest BCUT2D eigenvalue weighted by molar-refractivity contribution is -0.384. The van der Waals surface area contributed by atoms with Crippen molar-refractivity contribution in [3.05, 3.63) is 33.9 Å². The summed E-state index contributed by atoms with van der Waals surface area (Å²) < 4.78 is 0. The van der Waals surface area contributed by atoms with Gasteiger partial charge in [0.15, 0.2) is 0 Å². The Morgan fingerprint density at radius 2 is 2.20 bits per heavy atom. The van der Waals surface area contributed by atoms with Gasteiger partial charge in [0.25, 0.3) is 5.69 Å². The highest BCUT2D eigenvalue weighted by atomic mass is 16.6. The Labute approximate surface area is 117 Å². The summed E-state index contributed by atoms with van der Waals surface area (Å²) in [5.41, 5.74) is 0.739. The third-order valence-electron chi connectivity index (χ3n) is 3.93. The molecule has 0 saturated heterocycles. The van der Waals surface area contributed by atoms with E-state index in [0.717, 1.165) is 19.3 Å². The highest BCUT2D eigenvalue weighted by Crippen LogP contribution is 2.32. The van der Waals surface area contributed by atoms with E-state index in [0.29, 0.717) is 23.7 Å². The van der Waals surface area contributed by atoms with Crippen molar-refractivity contribution < 1.29 is 10.0 Å². The van der Waals surface area contributed by atoms with Crippen molar-refractivity contribution in [2.75, 3.05) is 18.5 Å². The molecular formula is C14H17N3O3. The first-order chi connectivity index (χ1) is 9.65. The maximum absolute atomic E-state index is 11.0. The number of nitriles is 1. The Kier molecular flexibility index (Phi) is 4.53. The van der Waals surface area contributed by atoms with Gasteiger partial charge in [-0.3, -0.25) is 10.1 Å². The molecule has 6 nitrogen and oxygen atoms in total. The van der Waals surface area contributed by atoms with Gasteiger partial charge < -0.3 is 10.4 Å². The van der Waals surface area contributed by atoms with E-state index in [9.17, 15) is 15.2 Å². The van der Waals surface area contributed by atoms with E-state index in [4.69, 9.17) is 5.26 Å². The molecule has 0 aromatic heterocycles. The van der Waals surface area contributed by atoms with Crippen molar-refractivity contribution in [3.8, 4) is 6.07 Å². The molecule has 2 atom stereocenters. The minimum absolute atomic E-state index is 0.0254. The van der Waals surface area contributed by atoms with Gasteiger partial charge in [-0.2, -0.15) is 5.26 Å². The first-order valence-electron chi connectivity index (χ1n) is 6.69. The van der Waals surface area contributed by atoms with Crippen LogP contribution >= 0.6 is 0 Å². The summed E-state index contributed by atoms with van der Waals surface area (Å²) in [6.07, 6.45) is 3.10. The lowest BCUT2D eigenvalue weighted by Gasteiger charge is -2.18. The molecule has 1 fully saturated rings. The van der Waals surface area contributed by atoms with Gasteiger partial charge in [0.2, 0.25) is 0 Å². The Hall–Kier alpha value is -2.13. The molecule has 0 radical (unpaired) electrons. The molecule has 1 aromatic rings.